The summed E-state index contributed by atoms with van der Waals surface area (Å²) in [6.07, 6.45) is -4.36. The van der Waals surface area contributed by atoms with E-state index in [1.54, 1.807) is 32.2 Å². The Kier molecular flexibility index (Phi) is 6.84. The van der Waals surface area contributed by atoms with Gasteiger partial charge in [0.05, 0.1) is 25.5 Å². The first-order valence-corrected chi connectivity index (χ1v) is 10.2. The van der Waals surface area contributed by atoms with Crippen molar-refractivity contribution in [2.45, 2.75) is 19.5 Å². The number of carbonyl (C=O) groups excluding carboxylic acids is 1. The standard InChI is InChI=1S/C22H21F3N2O3S/c1-13-19(31-21(27-13)15-8-9-17(29-2)18(12-15)30-3)20(28)26-11-10-14-6-4-5-7-16(14)22(23,24)25/h4-9,12H,10-11H2,1-3H3,(H,26,28). The lowest BCUT2D eigenvalue weighted by molar-refractivity contribution is -0.138. The first-order chi connectivity index (χ1) is 14.7. The van der Waals surface area contributed by atoms with Crippen LogP contribution in [0, 0.1) is 6.92 Å². The molecule has 164 valence electrons. The number of aryl methyl sites for hydroxylation is 1. The number of nitrogens with one attached hydrogen (secondary N) is 1. The van der Waals surface area contributed by atoms with Crippen molar-refractivity contribution in [1.29, 1.82) is 0 Å². The molecule has 1 aromatic heterocycles. The molecule has 9 heteroatoms. The van der Waals surface area contributed by atoms with Gasteiger partial charge in [-0.2, -0.15) is 13.2 Å². The van der Waals surface area contributed by atoms with Crippen LogP contribution in [-0.2, 0) is 12.6 Å². The van der Waals surface area contributed by atoms with Crippen LogP contribution in [0.3, 0.4) is 0 Å². The number of hydrogen-bond donors (Lipinski definition) is 1. The molecule has 0 radical (unpaired) electrons. The van der Waals surface area contributed by atoms with Gasteiger partial charge in [0, 0.05) is 12.1 Å². The summed E-state index contributed by atoms with van der Waals surface area (Å²) >= 11 is 1.21. The number of methoxy groups -OCH3 is 2. The third-order valence-electron chi connectivity index (χ3n) is 4.64. The van der Waals surface area contributed by atoms with Crippen molar-refractivity contribution in [2.75, 3.05) is 20.8 Å². The van der Waals surface area contributed by atoms with Gasteiger partial charge < -0.3 is 14.8 Å². The van der Waals surface area contributed by atoms with Crippen LogP contribution in [0.25, 0.3) is 10.6 Å². The lowest BCUT2D eigenvalue weighted by Crippen LogP contribution is -2.26. The van der Waals surface area contributed by atoms with Crippen LogP contribution in [0.4, 0.5) is 13.2 Å². The van der Waals surface area contributed by atoms with Crippen molar-refractivity contribution in [3.8, 4) is 22.1 Å². The Balaban J connectivity index is 1.71. The van der Waals surface area contributed by atoms with Crippen molar-refractivity contribution in [3.63, 3.8) is 0 Å². The number of thiazole rings is 1. The van der Waals surface area contributed by atoms with Crippen LogP contribution in [0.5, 0.6) is 11.5 Å². The number of rotatable bonds is 7. The smallest absolute Gasteiger partial charge is 0.416 e. The monoisotopic (exact) mass is 450 g/mol. The Bertz CT molecular complexity index is 1080. The maximum atomic E-state index is 13.1. The molecular formula is C22H21F3N2O3S. The Hall–Kier alpha value is -3.07. The van der Waals surface area contributed by atoms with E-state index in [4.69, 9.17) is 9.47 Å². The Labute approximate surface area is 181 Å². The summed E-state index contributed by atoms with van der Waals surface area (Å²) in [5.41, 5.74) is 0.767. The number of benzene rings is 2. The van der Waals surface area contributed by atoms with Gasteiger partial charge in [-0.25, -0.2) is 4.98 Å². The van der Waals surface area contributed by atoms with E-state index in [1.807, 2.05) is 6.07 Å². The van der Waals surface area contributed by atoms with Crippen LogP contribution >= 0.6 is 11.3 Å². The summed E-state index contributed by atoms with van der Waals surface area (Å²) in [5.74, 6) is 0.755. The number of nitrogens with zero attached hydrogens (tertiary/aromatic N) is 1. The first-order valence-electron chi connectivity index (χ1n) is 9.37. The largest absolute Gasteiger partial charge is 0.493 e. The summed E-state index contributed by atoms with van der Waals surface area (Å²) in [4.78, 5) is 17.5. The van der Waals surface area contributed by atoms with Gasteiger partial charge in [-0.15, -0.1) is 11.3 Å². The fourth-order valence-electron chi connectivity index (χ4n) is 3.11. The second-order valence-corrected chi connectivity index (χ2v) is 7.66. The quantitative estimate of drug-likeness (QED) is 0.542. The SMILES string of the molecule is COc1ccc(-c2nc(C)c(C(=O)NCCc3ccccc3C(F)(F)F)s2)cc1OC. The van der Waals surface area contributed by atoms with Crippen molar-refractivity contribution < 1.29 is 27.4 Å². The lowest BCUT2D eigenvalue weighted by Gasteiger charge is -2.12. The van der Waals surface area contributed by atoms with Crippen molar-refractivity contribution >= 4 is 17.2 Å². The van der Waals surface area contributed by atoms with E-state index in [2.05, 4.69) is 10.3 Å². The van der Waals surface area contributed by atoms with Gasteiger partial charge in [0.1, 0.15) is 9.88 Å². The zero-order chi connectivity index (χ0) is 22.6. The number of carbonyl (C=O) groups is 1. The van der Waals surface area contributed by atoms with Crippen molar-refractivity contribution in [3.05, 3.63) is 64.2 Å². The van der Waals surface area contributed by atoms with Crippen LogP contribution < -0.4 is 14.8 Å². The van der Waals surface area contributed by atoms with E-state index >= 15 is 0 Å². The summed E-state index contributed by atoms with van der Waals surface area (Å²) in [5, 5.41) is 3.32. The van der Waals surface area contributed by atoms with Crippen LogP contribution in [0.15, 0.2) is 42.5 Å². The number of aromatic nitrogens is 1. The molecule has 0 bridgehead atoms. The van der Waals surface area contributed by atoms with Crippen molar-refractivity contribution in [1.82, 2.24) is 10.3 Å². The predicted octanol–water partition coefficient (Wildman–Crippen LogP) is 5.13. The van der Waals surface area contributed by atoms with Gasteiger partial charge in [0.2, 0.25) is 0 Å². The van der Waals surface area contributed by atoms with Crippen LogP contribution in [0.2, 0.25) is 0 Å². The molecule has 0 saturated heterocycles. The number of halogens is 3. The van der Waals surface area contributed by atoms with Crippen LogP contribution in [-0.4, -0.2) is 31.7 Å². The second-order valence-electron chi connectivity index (χ2n) is 6.66. The molecule has 0 aliphatic heterocycles. The molecule has 5 nitrogen and oxygen atoms in total. The van der Waals surface area contributed by atoms with Gasteiger partial charge >= 0.3 is 6.18 Å². The highest BCUT2D eigenvalue weighted by Crippen LogP contribution is 2.35. The van der Waals surface area contributed by atoms with Gasteiger partial charge in [-0.1, -0.05) is 18.2 Å². The number of alkyl halides is 3. The predicted molar refractivity (Wildman–Crippen MR) is 113 cm³/mol. The maximum absolute atomic E-state index is 13.1. The number of hydrogen-bond acceptors (Lipinski definition) is 5. The maximum Gasteiger partial charge on any atom is 0.416 e. The molecule has 0 aliphatic rings. The van der Waals surface area contributed by atoms with Gasteiger partial charge in [-0.3, -0.25) is 4.79 Å². The molecule has 1 N–H and O–H groups in total. The highest BCUT2D eigenvalue weighted by molar-refractivity contribution is 7.17. The molecule has 0 aliphatic carbocycles. The normalized spacial score (nSPS) is 11.3. The minimum Gasteiger partial charge on any atom is -0.493 e. The average molecular weight is 450 g/mol. The minimum atomic E-state index is -4.43. The topological polar surface area (TPSA) is 60.5 Å². The zero-order valence-electron chi connectivity index (χ0n) is 17.2. The highest BCUT2D eigenvalue weighted by atomic mass is 32.1. The fraction of sp³-hybridized carbons (Fsp3) is 0.273. The minimum absolute atomic E-state index is 0.0712. The number of amides is 1. The molecule has 31 heavy (non-hydrogen) atoms. The third-order valence-corrected chi connectivity index (χ3v) is 5.84. The van der Waals surface area contributed by atoms with Gasteiger partial charge in [0.15, 0.2) is 11.5 Å². The molecule has 3 rings (SSSR count). The molecule has 1 amide bonds. The Morgan fingerprint density at radius 2 is 1.81 bits per heavy atom. The van der Waals surface area contributed by atoms with E-state index in [1.165, 1.54) is 30.6 Å². The van der Waals surface area contributed by atoms with Crippen molar-refractivity contribution in [2.24, 2.45) is 0 Å². The fourth-order valence-corrected chi connectivity index (χ4v) is 4.08. The molecule has 0 atom stereocenters. The van der Waals surface area contributed by atoms with Gasteiger partial charge in [0.25, 0.3) is 5.91 Å². The molecule has 1 heterocycles. The van der Waals surface area contributed by atoms with E-state index in [0.717, 1.165) is 11.6 Å². The highest BCUT2D eigenvalue weighted by Gasteiger charge is 2.32. The van der Waals surface area contributed by atoms with E-state index in [0.29, 0.717) is 27.1 Å². The molecule has 0 spiro atoms. The Morgan fingerprint density at radius 1 is 1.10 bits per heavy atom. The lowest BCUT2D eigenvalue weighted by atomic mass is 10.0. The van der Waals surface area contributed by atoms with Gasteiger partial charge in [-0.05, 0) is 43.2 Å². The molecule has 0 fully saturated rings. The molecular weight excluding hydrogens is 429 g/mol. The molecule has 2 aromatic carbocycles. The zero-order valence-corrected chi connectivity index (χ0v) is 18.0. The second kappa shape index (κ2) is 9.38. The summed E-state index contributed by atoms with van der Waals surface area (Å²) in [6.45, 7) is 1.80. The van der Waals surface area contributed by atoms with E-state index < -0.39 is 11.7 Å². The molecule has 3 aromatic rings. The average Bonchev–Trinajstić information content (AvgIpc) is 3.14. The number of ether oxygens (including phenoxy) is 2. The summed E-state index contributed by atoms with van der Waals surface area (Å²) in [7, 11) is 3.07. The summed E-state index contributed by atoms with van der Waals surface area (Å²) in [6, 6.07) is 10.7. The van der Waals surface area contributed by atoms with E-state index in [9.17, 15) is 18.0 Å². The van der Waals surface area contributed by atoms with E-state index in [-0.39, 0.29) is 24.4 Å². The summed E-state index contributed by atoms with van der Waals surface area (Å²) < 4.78 is 49.9. The molecule has 0 unspecified atom stereocenters. The first kappa shape index (κ1) is 22.6. The van der Waals surface area contributed by atoms with Crippen LogP contribution in [0.1, 0.15) is 26.5 Å². The third kappa shape index (κ3) is 5.16. The molecule has 0 saturated carbocycles. The Morgan fingerprint density at radius 3 is 2.48 bits per heavy atom.